The van der Waals surface area contributed by atoms with Crippen LogP contribution in [0, 0.1) is 11.8 Å². The zero-order valence-electron chi connectivity index (χ0n) is 15.7. The average Bonchev–Trinajstić information content (AvgIpc) is 2.69. The second-order valence-corrected chi connectivity index (χ2v) is 7.22. The molecule has 1 saturated heterocycles. The zero-order chi connectivity index (χ0) is 19.1. The highest BCUT2D eigenvalue weighted by atomic mass is 16.2. The Labute approximate surface area is 160 Å². The molecule has 0 aliphatic carbocycles. The molecule has 142 valence electrons. The molecule has 0 radical (unpaired) electrons. The van der Waals surface area contributed by atoms with Crippen LogP contribution in [0.25, 0.3) is 0 Å². The highest BCUT2D eigenvalue weighted by molar-refractivity contribution is 6.04. The molecule has 3 N–H and O–H groups in total. The van der Waals surface area contributed by atoms with Crippen molar-refractivity contribution in [1.82, 2.24) is 5.32 Å². The lowest BCUT2D eigenvalue weighted by Gasteiger charge is -2.27. The third-order valence-electron chi connectivity index (χ3n) is 5.14. The Balaban J connectivity index is 1.55. The van der Waals surface area contributed by atoms with Gasteiger partial charge in [0.1, 0.15) is 0 Å². The minimum atomic E-state index is -0.168. The summed E-state index contributed by atoms with van der Waals surface area (Å²) in [5, 5.41) is 9.19. The van der Waals surface area contributed by atoms with Crippen LogP contribution in [-0.4, -0.2) is 24.9 Å². The van der Waals surface area contributed by atoms with Crippen molar-refractivity contribution in [3.8, 4) is 0 Å². The number of carbonyl (C=O) groups excluding carboxylic acids is 2. The first-order chi connectivity index (χ1) is 13.1. The van der Waals surface area contributed by atoms with Gasteiger partial charge in [0, 0.05) is 23.4 Å². The van der Waals surface area contributed by atoms with Crippen molar-refractivity contribution in [3.63, 3.8) is 0 Å². The fraction of sp³-hybridized carbons (Fsp3) is 0.364. The Morgan fingerprint density at radius 3 is 2.37 bits per heavy atom. The Morgan fingerprint density at radius 2 is 1.67 bits per heavy atom. The Morgan fingerprint density at radius 1 is 1.00 bits per heavy atom. The molecule has 27 heavy (non-hydrogen) atoms. The maximum Gasteiger partial charge on any atom is 0.255 e. The van der Waals surface area contributed by atoms with E-state index in [9.17, 15) is 9.59 Å². The maximum atomic E-state index is 12.4. The summed E-state index contributed by atoms with van der Waals surface area (Å²) in [4.78, 5) is 24.7. The molecule has 5 nitrogen and oxygen atoms in total. The van der Waals surface area contributed by atoms with E-state index in [0.717, 1.165) is 25.9 Å². The monoisotopic (exact) mass is 365 g/mol. The van der Waals surface area contributed by atoms with Gasteiger partial charge < -0.3 is 16.0 Å². The summed E-state index contributed by atoms with van der Waals surface area (Å²) < 4.78 is 0. The summed E-state index contributed by atoms with van der Waals surface area (Å²) in [6, 6.07) is 16.3. The van der Waals surface area contributed by atoms with Crippen molar-refractivity contribution < 1.29 is 9.59 Å². The topological polar surface area (TPSA) is 70.2 Å². The number of piperidine rings is 1. The number of nitrogens with one attached hydrogen (secondary N) is 3. The smallest absolute Gasteiger partial charge is 0.255 e. The predicted molar refractivity (Wildman–Crippen MR) is 109 cm³/mol. The molecule has 1 fully saturated rings. The first kappa shape index (κ1) is 19.1. The van der Waals surface area contributed by atoms with Gasteiger partial charge in [-0.1, -0.05) is 31.2 Å². The molecule has 1 aliphatic rings. The molecule has 0 saturated carbocycles. The van der Waals surface area contributed by atoms with E-state index in [4.69, 9.17) is 0 Å². The molecule has 0 bridgehead atoms. The van der Waals surface area contributed by atoms with Crippen molar-refractivity contribution in [2.45, 2.75) is 26.2 Å². The fourth-order valence-corrected chi connectivity index (χ4v) is 3.55. The van der Waals surface area contributed by atoms with Gasteiger partial charge in [-0.25, -0.2) is 0 Å². The largest absolute Gasteiger partial charge is 0.326 e. The summed E-state index contributed by atoms with van der Waals surface area (Å²) in [6.45, 7) is 4.24. The lowest BCUT2D eigenvalue weighted by atomic mass is 9.84. The van der Waals surface area contributed by atoms with E-state index < -0.39 is 0 Å². The van der Waals surface area contributed by atoms with Crippen molar-refractivity contribution in [3.05, 3.63) is 60.2 Å². The zero-order valence-corrected chi connectivity index (χ0v) is 15.7. The van der Waals surface area contributed by atoms with Gasteiger partial charge in [-0.05, 0) is 68.1 Å². The van der Waals surface area contributed by atoms with E-state index in [1.54, 1.807) is 18.2 Å². The molecule has 5 heteroatoms. The van der Waals surface area contributed by atoms with Gasteiger partial charge >= 0.3 is 0 Å². The van der Waals surface area contributed by atoms with Crippen molar-refractivity contribution in [2.24, 2.45) is 11.8 Å². The molecule has 0 aromatic heterocycles. The van der Waals surface area contributed by atoms with Crippen molar-refractivity contribution in [2.75, 3.05) is 23.7 Å². The van der Waals surface area contributed by atoms with Crippen LogP contribution in [0.2, 0.25) is 0 Å². The molecule has 1 atom stereocenters. The molecule has 2 amide bonds. The maximum absolute atomic E-state index is 12.4. The number of benzene rings is 2. The van der Waals surface area contributed by atoms with Crippen LogP contribution in [-0.2, 0) is 4.79 Å². The molecule has 2 aromatic rings. The van der Waals surface area contributed by atoms with E-state index in [-0.39, 0.29) is 11.8 Å². The second-order valence-electron chi connectivity index (χ2n) is 7.22. The third kappa shape index (κ3) is 5.66. The number of anilines is 2. The van der Waals surface area contributed by atoms with Crippen molar-refractivity contribution >= 4 is 23.2 Å². The summed E-state index contributed by atoms with van der Waals surface area (Å²) in [5.74, 6) is 0.827. The van der Waals surface area contributed by atoms with E-state index in [1.807, 2.05) is 36.4 Å². The minimum absolute atomic E-state index is 0.0209. The number of hydrogen-bond donors (Lipinski definition) is 3. The lowest BCUT2D eigenvalue weighted by molar-refractivity contribution is -0.117. The highest BCUT2D eigenvalue weighted by Crippen LogP contribution is 2.25. The van der Waals surface area contributed by atoms with Crippen molar-refractivity contribution in [1.29, 1.82) is 0 Å². The predicted octanol–water partition coefficient (Wildman–Crippen LogP) is 3.90. The van der Waals surface area contributed by atoms with Gasteiger partial charge in [0.05, 0.1) is 0 Å². The first-order valence-electron chi connectivity index (χ1n) is 9.59. The molecule has 0 spiro atoms. The Hall–Kier alpha value is -2.66. The standard InChI is InChI=1S/C22H27N3O2/c1-16(17-10-12-23-13-11-17)14-21(26)24-19-8-5-9-20(15-19)25-22(27)18-6-3-2-4-7-18/h2-9,15-17,23H,10-14H2,1H3,(H,24,26)(H,25,27). The van der Waals surface area contributed by atoms with Crippen LogP contribution in [0.1, 0.15) is 36.5 Å². The van der Waals surface area contributed by atoms with Gasteiger partial charge in [-0.2, -0.15) is 0 Å². The van der Waals surface area contributed by atoms with Gasteiger partial charge in [-0.15, -0.1) is 0 Å². The normalized spacial score (nSPS) is 15.7. The Bertz CT molecular complexity index is 770. The summed E-state index contributed by atoms with van der Waals surface area (Å²) in [5.41, 5.74) is 1.96. The summed E-state index contributed by atoms with van der Waals surface area (Å²) in [7, 11) is 0. The van der Waals surface area contributed by atoms with Crippen LogP contribution >= 0.6 is 0 Å². The third-order valence-corrected chi connectivity index (χ3v) is 5.14. The van der Waals surface area contributed by atoms with E-state index in [0.29, 0.717) is 35.2 Å². The molecule has 3 rings (SSSR count). The number of rotatable bonds is 6. The molecule has 1 unspecified atom stereocenters. The van der Waals surface area contributed by atoms with Crippen LogP contribution in [0.5, 0.6) is 0 Å². The molecular formula is C22H27N3O2. The molecular weight excluding hydrogens is 338 g/mol. The average molecular weight is 365 g/mol. The van der Waals surface area contributed by atoms with Crippen LogP contribution in [0.3, 0.4) is 0 Å². The Kier molecular flexibility index (Phi) is 6.60. The number of amides is 2. The fourth-order valence-electron chi connectivity index (χ4n) is 3.55. The van der Waals surface area contributed by atoms with Crippen LogP contribution in [0.15, 0.2) is 54.6 Å². The SMILES string of the molecule is CC(CC(=O)Nc1cccc(NC(=O)c2ccccc2)c1)C1CCNCC1. The molecule has 1 heterocycles. The molecule has 2 aromatic carbocycles. The quantitative estimate of drug-likeness (QED) is 0.727. The second kappa shape index (κ2) is 9.33. The van der Waals surface area contributed by atoms with E-state index in [1.165, 1.54) is 0 Å². The number of carbonyl (C=O) groups is 2. The van der Waals surface area contributed by atoms with Gasteiger partial charge in [-0.3, -0.25) is 9.59 Å². The lowest BCUT2D eigenvalue weighted by Crippen LogP contribution is -2.32. The minimum Gasteiger partial charge on any atom is -0.326 e. The number of hydrogen-bond acceptors (Lipinski definition) is 3. The van der Waals surface area contributed by atoms with Crippen LogP contribution < -0.4 is 16.0 Å². The highest BCUT2D eigenvalue weighted by Gasteiger charge is 2.22. The first-order valence-corrected chi connectivity index (χ1v) is 9.59. The molecule has 1 aliphatic heterocycles. The summed E-state index contributed by atoms with van der Waals surface area (Å²) in [6.07, 6.45) is 2.79. The van der Waals surface area contributed by atoms with Crippen LogP contribution in [0.4, 0.5) is 11.4 Å². The van der Waals surface area contributed by atoms with E-state index >= 15 is 0 Å². The van der Waals surface area contributed by atoms with Gasteiger partial charge in [0.2, 0.25) is 5.91 Å². The van der Waals surface area contributed by atoms with Gasteiger partial charge in [0.25, 0.3) is 5.91 Å². The van der Waals surface area contributed by atoms with Gasteiger partial charge in [0.15, 0.2) is 0 Å². The summed E-state index contributed by atoms with van der Waals surface area (Å²) >= 11 is 0. The van der Waals surface area contributed by atoms with E-state index in [2.05, 4.69) is 22.9 Å².